The third kappa shape index (κ3) is 3.68. The van der Waals surface area contributed by atoms with E-state index in [0.717, 1.165) is 50.1 Å². The number of nitrogens with zero attached hydrogens (tertiary/aromatic N) is 2. The van der Waals surface area contributed by atoms with Crippen molar-refractivity contribution in [3.63, 3.8) is 0 Å². The quantitative estimate of drug-likeness (QED) is 0.929. The molecule has 3 heterocycles. The number of furan rings is 1. The summed E-state index contributed by atoms with van der Waals surface area (Å²) in [6.45, 7) is 4.73. The second-order valence-electron chi connectivity index (χ2n) is 6.45. The first-order chi connectivity index (χ1) is 11.1. The molecule has 1 unspecified atom stereocenters. The summed E-state index contributed by atoms with van der Waals surface area (Å²) in [5, 5.41) is 2.93. The summed E-state index contributed by atoms with van der Waals surface area (Å²) in [7, 11) is 0. The molecule has 2 aliphatic heterocycles. The van der Waals surface area contributed by atoms with Crippen LogP contribution in [-0.2, 0) is 11.3 Å². The largest absolute Gasteiger partial charge is 0.467 e. The summed E-state index contributed by atoms with van der Waals surface area (Å²) in [6.07, 6.45) is 6.11. The molecule has 0 aliphatic carbocycles. The van der Waals surface area contributed by atoms with Crippen LogP contribution in [-0.4, -0.2) is 47.4 Å². The Hall–Kier alpha value is -1.98. The average molecular weight is 319 g/mol. The molecule has 3 rings (SSSR count). The van der Waals surface area contributed by atoms with Crippen LogP contribution in [0.1, 0.15) is 43.4 Å². The van der Waals surface area contributed by atoms with Crippen molar-refractivity contribution >= 4 is 11.9 Å². The van der Waals surface area contributed by atoms with E-state index in [9.17, 15) is 9.59 Å². The van der Waals surface area contributed by atoms with Crippen LogP contribution in [0.25, 0.3) is 0 Å². The number of nitrogens with one attached hydrogen (secondary N) is 1. The van der Waals surface area contributed by atoms with Crippen LogP contribution in [0.4, 0.5) is 4.79 Å². The van der Waals surface area contributed by atoms with Crippen molar-refractivity contribution < 1.29 is 14.0 Å². The van der Waals surface area contributed by atoms with Gasteiger partial charge in [0.1, 0.15) is 5.76 Å². The zero-order valence-electron chi connectivity index (χ0n) is 13.7. The Morgan fingerprint density at radius 1 is 1.30 bits per heavy atom. The zero-order chi connectivity index (χ0) is 16.2. The maximum atomic E-state index is 12.3. The lowest BCUT2D eigenvalue weighted by molar-refractivity contribution is -0.129. The molecule has 2 saturated heterocycles. The van der Waals surface area contributed by atoms with E-state index in [4.69, 9.17) is 4.42 Å². The molecule has 3 amide bonds. The summed E-state index contributed by atoms with van der Waals surface area (Å²) in [5.74, 6) is 1.08. The molecular weight excluding hydrogens is 294 g/mol. The average Bonchev–Trinajstić information content (AvgIpc) is 3.06. The first-order valence-corrected chi connectivity index (χ1v) is 8.50. The van der Waals surface area contributed by atoms with Gasteiger partial charge in [-0.2, -0.15) is 0 Å². The molecule has 0 aromatic carbocycles. The molecule has 1 atom stereocenters. The topological polar surface area (TPSA) is 65.8 Å². The molecule has 23 heavy (non-hydrogen) atoms. The monoisotopic (exact) mass is 319 g/mol. The minimum atomic E-state index is -0.0470. The molecule has 2 fully saturated rings. The fraction of sp³-hybridized carbons (Fsp3) is 0.647. The van der Waals surface area contributed by atoms with Crippen molar-refractivity contribution in [3.05, 3.63) is 23.7 Å². The van der Waals surface area contributed by atoms with E-state index in [0.29, 0.717) is 25.6 Å². The number of aryl methyl sites for hydroxylation is 1. The molecule has 0 radical (unpaired) electrons. The summed E-state index contributed by atoms with van der Waals surface area (Å²) in [4.78, 5) is 28.1. The number of likely N-dealkylation sites (tertiary alicyclic amines) is 2. The molecule has 0 saturated carbocycles. The molecule has 126 valence electrons. The lowest BCUT2D eigenvalue weighted by atomic mass is 10.1. The van der Waals surface area contributed by atoms with E-state index in [1.807, 2.05) is 22.8 Å². The highest BCUT2D eigenvalue weighted by Gasteiger charge is 2.30. The molecule has 0 spiro atoms. The van der Waals surface area contributed by atoms with Gasteiger partial charge in [-0.05, 0) is 44.2 Å². The molecule has 6 nitrogen and oxygen atoms in total. The molecule has 1 N–H and O–H groups in total. The van der Waals surface area contributed by atoms with E-state index >= 15 is 0 Å². The maximum Gasteiger partial charge on any atom is 0.317 e. The summed E-state index contributed by atoms with van der Waals surface area (Å²) in [6, 6.07) is 2.15. The normalized spacial score (nSPS) is 22.3. The van der Waals surface area contributed by atoms with Gasteiger partial charge < -0.3 is 19.5 Å². The van der Waals surface area contributed by atoms with Crippen molar-refractivity contribution in [2.45, 2.75) is 51.6 Å². The van der Waals surface area contributed by atoms with Crippen molar-refractivity contribution in [2.75, 3.05) is 19.6 Å². The van der Waals surface area contributed by atoms with E-state index in [2.05, 4.69) is 5.32 Å². The van der Waals surface area contributed by atoms with Crippen LogP contribution in [0.2, 0.25) is 0 Å². The number of hydrogen-bond donors (Lipinski definition) is 1. The van der Waals surface area contributed by atoms with E-state index in [-0.39, 0.29) is 11.9 Å². The molecule has 6 heteroatoms. The Labute approximate surface area is 136 Å². The van der Waals surface area contributed by atoms with Crippen molar-refractivity contribution in [1.82, 2.24) is 15.1 Å². The number of urea groups is 1. The van der Waals surface area contributed by atoms with Crippen molar-refractivity contribution in [1.29, 1.82) is 0 Å². The lowest BCUT2D eigenvalue weighted by Gasteiger charge is -2.27. The van der Waals surface area contributed by atoms with Gasteiger partial charge in [-0.25, -0.2) is 4.79 Å². The van der Waals surface area contributed by atoms with Crippen LogP contribution in [0.5, 0.6) is 0 Å². The Balaban J connectivity index is 1.50. The number of rotatable bonds is 3. The molecule has 2 aliphatic rings. The second-order valence-corrected chi connectivity index (χ2v) is 6.45. The van der Waals surface area contributed by atoms with E-state index in [1.165, 1.54) is 0 Å². The van der Waals surface area contributed by atoms with Gasteiger partial charge in [0.25, 0.3) is 0 Å². The van der Waals surface area contributed by atoms with Gasteiger partial charge in [-0.15, -0.1) is 0 Å². The van der Waals surface area contributed by atoms with Crippen LogP contribution >= 0.6 is 0 Å². The van der Waals surface area contributed by atoms with Crippen LogP contribution in [0.15, 0.2) is 16.7 Å². The van der Waals surface area contributed by atoms with Crippen molar-refractivity contribution in [2.24, 2.45) is 0 Å². The molecule has 1 aromatic heterocycles. The van der Waals surface area contributed by atoms with E-state index < -0.39 is 0 Å². The third-order valence-corrected chi connectivity index (χ3v) is 4.90. The Kier molecular flexibility index (Phi) is 4.88. The van der Waals surface area contributed by atoms with Gasteiger partial charge >= 0.3 is 6.03 Å². The molecule has 1 aromatic rings. The van der Waals surface area contributed by atoms with Gasteiger partial charge in [0.05, 0.1) is 12.8 Å². The first-order valence-electron chi connectivity index (χ1n) is 8.50. The third-order valence-electron chi connectivity index (χ3n) is 4.90. The fourth-order valence-corrected chi connectivity index (χ4v) is 3.50. The number of hydrogen-bond acceptors (Lipinski definition) is 3. The second kappa shape index (κ2) is 7.06. The predicted molar refractivity (Wildman–Crippen MR) is 85.8 cm³/mol. The summed E-state index contributed by atoms with van der Waals surface area (Å²) < 4.78 is 5.35. The smallest absolute Gasteiger partial charge is 0.317 e. The minimum Gasteiger partial charge on any atom is -0.467 e. The van der Waals surface area contributed by atoms with Gasteiger partial charge in [-0.1, -0.05) is 0 Å². The summed E-state index contributed by atoms with van der Waals surface area (Å²) >= 11 is 0. The zero-order valence-corrected chi connectivity index (χ0v) is 13.7. The highest BCUT2D eigenvalue weighted by molar-refractivity contribution is 5.78. The molecular formula is C17H25N3O3. The number of carbonyl (C=O) groups excluding carboxylic acids is 2. The van der Waals surface area contributed by atoms with E-state index in [1.54, 1.807) is 6.26 Å². The molecule has 0 bridgehead atoms. The number of carbonyl (C=O) groups is 2. The SMILES string of the molecule is Cc1ccoc1CNC(=O)N1CCCC(N2CCCC2=O)CC1. The maximum absolute atomic E-state index is 12.3. The Bertz CT molecular complexity index is 569. The lowest BCUT2D eigenvalue weighted by Crippen LogP contribution is -2.41. The van der Waals surface area contributed by atoms with Crippen LogP contribution in [0.3, 0.4) is 0 Å². The highest BCUT2D eigenvalue weighted by atomic mass is 16.3. The summed E-state index contributed by atoms with van der Waals surface area (Å²) in [5.41, 5.74) is 1.05. The number of amides is 3. The van der Waals surface area contributed by atoms with Gasteiger partial charge in [0.15, 0.2) is 0 Å². The minimum absolute atomic E-state index is 0.0470. The van der Waals surface area contributed by atoms with Crippen LogP contribution in [0, 0.1) is 6.92 Å². The Morgan fingerprint density at radius 2 is 2.17 bits per heavy atom. The fourth-order valence-electron chi connectivity index (χ4n) is 3.50. The van der Waals surface area contributed by atoms with Gasteiger partial charge in [-0.3, -0.25) is 4.79 Å². The Morgan fingerprint density at radius 3 is 2.87 bits per heavy atom. The predicted octanol–water partition coefficient (Wildman–Crippen LogP) is 2.27. The van der Waals surface area contributed by atoms with Crippen molar-refractivity contribution in [3.8, 4) is 0 Å². The standard InChI is InChI=1S/C17H25N3O3/c1-13-7-11-23-15(13)12-18-17(22)19-8-2-4-14(6-10-19)20-9-3-5-16(20)21/h7,11,14H,2-6,8-10,12H2,1H3,(H,18,22). The van der Waals surface area contributed by atoms with Gasteiger partial charge in [0.2, 0.25) is 5.91 Å². The van der Waals surface area contributed by atoms with Gasteiger partial charge in [0, 0.05) is 32.1 Å². The first kappa shape index (κ1) is 15.9. The van der Waals surface area contributed by atoms with Crippen LogP contribution < -0.4 is 5.32 Å². The highest BCUT2D eigenvalue weighted by Crippen LogP contribution is 2.22.